The van der Waals surface area contributed by atoms with Gasteiger partial charge < -0.3 is 0 Å². The molecule has 3 aromatic rings. The van der Waals surface area contributed by atoms with Crippen molar-refractivity contribution in [1.29, 1.82) is 0 Å². The Morgan fingerprint density at radius 1 is 1.00 bits per heavy atom. The van der Waals surface area contributed by atoms with Gasteiger partial charge in [0, 0.05) is 0 Å². The van der Waals surface area contributed by atoms with Crippen LogP contribution in [0.5, 0.6) is 0 Å². The molecule has 3 heteroatoms. The van der Waals surface area contributed by atoms with Crippen LogP contribution < -0.4 is 0 Å². The van der Waals surface area contributed by atoms with Gasteiger partial charge in [0.15, 0.2) is 0 Å². The number of halogens is 2. The van der Waals surface area contributed by atoms with Crippen LogP contribution in [0.25, 0.3) is 21.9 Å². The summed E-state index contributed by atoms with van der Waals surface area (Å²) < 4.78 is 0. The van der Waals surface area contributed by atoms with Crippen molar-refractivity contribution in [2.24, 2.45) is 0 Å². The zero-order valence-corrected chi connectivity index (χ0v) is 14.3. The molecule has 0 heterocycles. The van der Waals surface area contributed by atoms with Gasteiger partial charge in [0.2, 0.25) is 0 Å². The third-order valence-electron chi connectivity index (χ3n) is 3.30. The fraction of sp³-hybridized carbons (Fsp3) is 0.118. The van der Waals surface area contributed by atoms with E-state index in [9.17, 15) is 0 Å². The molecule has 20 heavy (non-hydrogen) atoms. The zero-order valence-electron chi connectivity index (χ0n) is 11.2. The Morgan fingerprint density at radius 3 is 2.35 bits per heavy atom. The van der Waals surface area contributed by atoms with E-state index >= 15 is 0 Å². The van der Waals surface area contributed by atoms with Crippen LogP contribution in [0.4, 0.5) is 0 Å². The molecule has 0 amide bonds. The second-order valence-corrected chi connectivity index (χ2v) is 7.04. The van der Waals surface area contributed by atoms with Crippen LogP contribution in [-0.2, 0) is 23.5 Å². The number of hydrogen-bond acceptors (Lipinski definition) is 0. The van der Waals surface area contributed by atoms with Crippen molar-refractivity contribution in [2.75, 3.05) is 0 Å². The first-order valence-corrected chi connectivity index (χ1v) is 10.8. The summed E-state index contributed by atoms with van der Waals surface area (Å²) in [5, 5.41) is 2.72. The fourth-order valence-electron chi connectivity index (χ4n) is 2.37. The van der Waals surface area contributed by atoms with Gasteiger partial charge in [0.1, 0.15) is 0 Å². The molecule has 0 atom stereocenters. The molecule has 0 unspecified atom stereocenters. The van der Waals surface area contributed by atoms with Crippen LogP contribution in [0.1, 0.15) is 12.5 Å². The molecule has 0 aliphatic heterocycles. The van der Waals surface area contributed by atoms with Gasteiger partial charge in [-0.15, -0.1) is 34.5 Å². The van der Waals surface area contributed by atoms with E-state index in [-0.39, 0.29) is 0 Å². The molecule has 0 aliphatic rings. The summed E-state index contributed by atoms with van der Waals surface area (Å²) in [6, 6.07) is 21.8. The minimum atomic E-state index is -0.556. The van der Waals surface area contributed by atoms with Crippen LogP contribution in [0.3, 0.4) is 0 Å². The van der Waals surface area contributed by atoms with Crippen molar-refractivity contribution in [2.45, 2.75) is 13.3 Å². The summed E-state index contributed by atoms with van der Waals surface area (Å²) in [5.74, 6) is 0. The van der Waals surface area contributed by atoms with Gasteiger partial charge in [-0.2, -0.15) is 6.07 Å². The number of aryl methyl sites for hydroxylation is 1. The van der Waals surface area contributed by atoms with Crippen molar-refractivity contribution in [3.63, 3.8) is 0 Å². The molecular formula is C17H15Cl2Ti-. The van der Waals surface area contributed by atoms with Crippen LogP contribution in [0, 0.1) is 0 Å². The van der Waals surface area contributed by atoms with E-state index in [1.165, 1.54) is 27.5 Å². The van der Waals surface area contributed by atoms with Crippen LogP contribution >= 0.6 is 18.6 Å². The molecule has 0 bridgehead atoms. The summed E-state index contributed by atoms with van der Waals surface area (Å²) in [5.41, 5.74) is 4.05. The average molecular weight is 338 g/mol. The Kier molecular flexibility index (Phi) is 6.25. The maximum atomic E-state index is 4.89. The number of fused-ring (bicyclic) bond motifs is 1. The first-order valence-electron chi connectivity index (χ1n) is 6.50. The van der Waals surface area contributed by atoms with Crippen molar-refractivity contribution in [3.05, 3.63) is 66.2 Å². The van der Waals surface area contributed by atoms with Crippen LogP contribution in [0.2, 0.25) is 0 Å². The first kappa shape index (κ1) is 15.7. The summed E-state index contributed by atoms with van der Waals surface area (Å²) >= 11 is -0.556. The van der Waals surface area contributed by atoms with Gasteiger partial charge in [-0.1, -0.05) is 48.9 Å². The molecule has 3 aromatic carbocycles. The van der Waals surface area contributed by atoms with Crippen LogP contribution in [0.15, 0.2) is 60.7 Å². The van der Waals surface area contributed by atoms with E-state index in [1.54, 1.807) is 0 Å². The quantitative estimate of drug-likeness (QED) is 0.387. The summed E-state index contributed by atoms with van der Waals surface area (Å²) in [6.45, 7) is 2.20. The predicted molar refractivity (Wildman–Crippen MR) is 86.1 cm³/mol. The molecule has 0 nitrogen and oxygen atoms in total. The predicted octanol–water partition coefficient (Wildman–Crippen LogP) is 6.16. The van der Waals surface area contributed by atoms with Gasteiger partial charge in [-0.3, -0.25) is 0 Å². The summed E-state index contributed by atoms with van der Waals surface area (Å²) in [7, 11) is 9.78. The van der Waals surface area contributed by atoms with E-state index in [0.29, 0.717) is 0 Å². The van der Waals surface area contributed by atoms with E-state index in [2.05, 4.69) is 67.6 Å². The Hall–Kier alpha value is -0.656. The van der Waals surface area contributed by atoms with Gasteiger partial charge in [-0.25, -0.2) is 0 Å². The molecular weight excluding hydrogens is 323 g/mol. The molecule has 0 N–H and O–H groups in total. The van der Waals surface area contributed by atoms with Crippen LogP contribution in [-0.4, -0.2) is 0 Å². The SMILES string of the molecule is CCc1cc2c(-c3ccccc3)cccc2[cH-]1.[Cl][Ti][Cl]. The Morgan fingerprint density at radius 2 is 1.70 bits per heavy atom. The number of rotatable bonds is 2. The van der Waals surface area contributed by atoms with Gasteiger partial charge >= 0.3 is 35.6 Å². The van der Waals surface area contributed by atoms with E-state index in [0.717, 1.165) is 6.42 Å². The van der Waals surface area contributed by atoms with Gasteiger partial charge in [0.05, 0.1) is 0 Å². The molecule has 0 aromatic heterocycles. The topological polar surface area (TPSA) is 0 Å². The van der Waals surface area contributed by atoms with Crippen molar-refractivity contribution >= 4 is 29.4 Å². The molecule has 0 radical (unpaired) electrons. The molecule has 0 saturated heterocycles. The summed E-state index contributed by atoms with van der Waals surface area (Å²) in [6.07, 6.45) is 1.10. The standard InChI is InChI=1S/C17H15.2ClH.Ti/c1-2-13-11-15-9-6-10-16(17(15)12-13)14-7-4-3-5-8-14;;;/h3-12H,2H2,1H3;2*1H;/q-1;;;+2/p-2. The molecule has 0 aliphatic carbocycles. The Labute approximate surface area is 136 Å². The number of benzene rings is 2. The Bertz CT molecular complexity index is 659. The molecule has 102 valence electrons. The second-order valence-electron chi connectivity index (χ2n) is 4.46. The fourth-order valence-corrected chi connectivity index (χ4v) is 2.37. The van der Waals surface area contributed by atoms with Crippen molar-refractivity contribution < 1.29 is 17.0 Å². The van der Waals surface area contributed by atoms with Crippen molar-refractivity contribution in [3.8, 4) is 11.1 Å². The molecule has 0 saturated carbocycles. The Balaban J connectivity index is 0.000000452. The van der Waals surface area contributed by atoms with E-state index < -0.39 is 17.0 Å². The van der Waals surface area contributed by atoms with E-state index in [4.69, 9.17) is 18.6 Å². The minimum absolute atomic E-state index is 0.556. The average Bonchev–Trinajstić information content (AvgIpc) is 2.92. The van der Waals surface area contributed by atoms with Crippen molar-refractivity contribution in [1.82, 2.24) is 0 Å². The summed E-state index contributed by atoms with van der Waals surface area (Å²) in [4.78, 5) is 0. The monoisotopic (exact) mass is 337 g/mol. The molecule has 0 fully saturated rings. The van der Waals surface area contributed by atoms with Gasteiger partial charge in [-0.05, 0) is 12.0 Å². The first-order chi connectivity index (χ1) is 9.80. The molecule has 0 spiro atoms. The third kappa shape index (κ3) is 3.71. The number of hydrogen-bond donors (Lipinski definition) is 0. The maximum absolute atomic E-state index is 4.89. The second kappa shape index (κ2) is 7.95. The molecule has 3 rings (SSSR count). The van der Waals surface area contributed by atoms with E-state index in [1.807, 2.05) is 0 Å². The third-order valence-corrected chi connectivity index (χ3v) is 3.30. The normalized spacial score (nSPS) is 9.95. The van der Waals surface area contributed by atoms with Gasteiger partial charge in [0.25, 0.3) is 0 Å². The zero-order chi connectivity index (χ0) is 14.4.